The highest BCUT2D eigenvalue weighted by molar-refractivity contribution is 7.98. The summed E-state index contributed by atoms with van der Waals surface area (Å²) in [5.41, 5.74) is 7.39. The molecule has 0 unspecified atom stereocenters. The Labute approximate surface area is 136 Å². The van der Waals surface area contributed by atoms with Crippen LogP contribution >= 0.6 is 11.8 Å². The summed E-state index contributed by atoms with van der Waals surface area (Å²) in [7, 11) is 0. The van der Waals surface area contributed by atoms with E-state index < -0.39 is 0 Å². The Kier molecular flexibility index (Phi) is 3.30. The number of hydrogen-bond donors (Lipinski definition) is 1. The zero-order valence-electron chi connectivity index (χ0n) is 12.3. The van der Waals surface area contributed by atoms with Crippen molar-refractivity contribution in [3.8, 4) is 0 Å². The molecule has 0 aliphatic rings. The molecule has 114 valence electrons. The monoisotopic (exact) mass is 323 g/mol. The lowest BCUT2D eigenvalue weighted by Gasteiger charge is -2.05. The van der Waals surface area contributed by atoms with Gasteiger partial charge in [-0.2, -0.15) is 4.52 Å². The number of nitrogens with zero attached hydrogens (tertiary/aromatic N) is 6. The molecule has 0 saturated heterocycles. The smallest absolute Gasteiger partial charge is 0.192 e. The average molecular weight is 323 g/mol. The Bertz CT molecular complexity index is 1010. The fourth-order valence-electron chi connectivity index (χ4n) is 2.34. The van der Waals surface area contributed by atoms with Crippen LogP contribution in [0, 0.1) is 6.92 Å². The molecule has 2 N–H and O–H groups in total. The lowest BCUT2D eigenvalue weighted by molar-refractivity contribution is 0.796. The third-order valence-electron chi connectivity index (χ3n) is 3.31. The van der Waals surface area contributed by atoms with Crippen molar-refractivity contribution in [2.45, 2.75) is 17.8 Å². The maximum absolute atomic E-state index is 5.69. The van der Waals surface area contributed by atoms with Gasteiger partial charge in [0.1, 0.15) is 17.5 Å². The van der Waals surface area contributed by atoms with Gasteiger partial charge in [-0.15, -0.1) is 5.10 Å². The highest BCUT2D eigenvalue weighted by Crippen LogP contribution is 2.25. The van der Waals surface area contributed by atoms with E-state index in [-0.39, 0.29) is 0 Å². The van der Waals surface area contributed by atoms with Crippen LogP contribution in [0.1, 0.15) is 11.6 Å². The van der Waals surface area contributed by atoms with Crippen LogP contribution in [0.15, 0.2) is 41.7 Å². The number of fused-ring (bicyclic) bond motifs is 3. The molecule has 0 radical (unpaired) electrons. The first-order chi connectivity index (χ1) is 11.2. The fourth-order valence-corrected chi connectivity index (χ4v) is 3.15. The van der Waals surface area contributed by atoms with Crippen LogP contribution in [0.25, 0.3) is 16.6 Å². The number of para-hydroxylation sites is 1. The SMILES string of the molecule is Cc1nc2c3ccccc3nc(SCc3nccc(N)n3)n2n1. The normalized spacial score (nSPS) is 11.3. The van der Waals surface area contributed by atoms with Gasteiger partial charge in [0.15, 0.2) is 10.8 Å². The van der Waals surface area contributed by atoms with E-state index in [2.05, 4.69) is 20.1 Å². The summed E-state index contributed by atoms with van der Waals surface area (Å²) in [6, 6.07) is 9.58. The number of nitrogens with two attached hydrogens (primary N) is 1. The number of benzene rings is 1. The molecule has 7 nitrogen and oxygen atoms in total. The van der Waals surface area contributed by atoms with Crippen LogP contribution < -0.4 is 5.73 Å². The minimum Gasteiger partial charge on any atom is -0.384 e. The van der Waals surface area contributed by atoms with Gasteiger partial charge in [-0.1, -0.05) is 23.9 Å². The Morgan fingerprint density at radius 3 is 2.87 bits per heavy atom. The van der Waals surface area contributed by atoms with Gasteiger partial charge in [0.05, 0.1) is 11.3 Å². The van der Waals surface area contributed by atoms with Crippen molar-refractivity contribution in [3.63, 3.8) is 0 Å². The molecular weight excluding hydrogens is 310 g/mol. The first-order valence-electron chi connectivity index (χ1n) is 7.03. The van der Waals surface area contributed by atoms with E-state index in [1.807, 2.05) is 31.2 Å². The molecule has 0 fully saturated rings. The van der Waals surface area contributed by atoms with Crippen molar-refractivity contribution in [1.29, 1.82) is 0 Å². The first kappa shape index (κ1) is 13.9. The summed E-state index contributed by atoms with van der Waals surface area (Å²) in [5.74, 6) is 2.40. The van der Waals surface area contributed by atoms with E-state index in [1.165, 1.54) is 11.8 Å². The average Bonchev–Trinajstić information content (AvgIpc) is 2.94. The third-order valence-corrected chi connectivity index (χ3v) is 4.24. The predicted molar refractivity (Wildman–Crippen MR) is 89.0 cm³/mol. The zero-order chi connectivity index (χ0) is 15.8. The van der Waals surface area contributed by atoms with E-state index in [0.717, 1.165) is 21.7 Å². The number of hydrogen-bond acceptors (Lipinski definition) is 7. The lowest BCUT2D eigenvalue weighted by atomic mass is 10.2. The molecule has 0 aliphatic heterocycles. The molecule has 0 atom stereocenters. The molecule has 1 aromatic carbocycles. The second kappa shape index (κ2) is 5.47. The van der Waals surface area contributed by atoms with Crippen LogP contribution in [0.5, 0.6) is 0 Å². The van der Waals surface area contributed by atoms with Crippen molar-refractivity contribution in [1.82, 2.24) is 29.5 Å². The molecule has 8 heteroatoms. The van der Waals surface area contributed by atoms with Crippen LogP contribution in [-0.2, 0) is 5.75 Å². The quantitative estimate of drug-likeness (QED) is 0.456. The summed E-state index contributed by atoms with van der Waals surface area (Å²) in [4.78, 5) is 17.6. The van der Waals surface area contributed by atoms with E-state index in [1.54, 1.807) is 16.8 Å². The number of nitrogen functional groups attached to an aromatic ring is 1. The highest BCUT2D eigenvalue weighted by atomic mass is 32.2. The number of anilines is 1. The Balaban J connectivity index is 1.78. The molecule has 4 aromatic rings. The second-order valence-electron chi connectivity index (χ2n) is 4.99. The van der Waals surface area contributed by atoms with Gasteiger partial charge in [0.25, 0.3) is 0 Å². The Hall–Kier alpha value is -2.74. The van der Waals surface area contributed by atoms with Gasteiger partial charge in [-0.05, 0) is 25.1 Å². The minimum absolute atomic E-state index is 0.462. The summed E-state index contributed by atoms with van der Waals surface area (Å²) < 4.78 is 1.77. The molecule has 3 aromatic heterocycles. The third kappa shape index (κ3) is 2.57. The van der Waals surface area contributed by atoms with Gasteiger partial charge < -0.3 is 5.73 Å². The van der Waals surface area contributed by atoms with Crippen molar-refractivity contribution < 1.29 is 0 Å². The van der Waals surface area contributed by atoms with Crippen molar-refractivity contribution in [2.75, 3.05) is 5.73 Å². The Morgan fingerprint density at radius 2 is 2.00 bits per heavy atom. The highest BCUT2D eigenvalue weighted by Gasteiger charge is 2.12. The molecule has 0 bridgehead atoms. The number of aromatic nitrogens is 6. The van der Waals surface area contributed by atoms with Crippen LogP contribution in [0.2, 0.25) is 0 Å². The van der Waals surface area contributed by atoms with Crippen LogP contribution in [0.3, 0.4) is 0 Å². The minimum atomic E-state index is 0.462. The summed E-state index contributed by atoms with van der Waals surface area (Å²) in [5, 5.41) is 6.19. The molecular formula is C15H13N7S. The number of thioether (sulfide) groups is 1. The molecule has 0 amide bonds. The van der Waals surface area contributed by atoms with Gasteiger partial charge in [-0.3, -0.25) is 0 Å². The maximum Gasteiger partial charge on any atom is 0.192 e. The number of rotatable bonds is 3. The van der Waals surface area contributed by atoms with Crippen LogP contribution in [-0.4, -0.2) is 29.5 Å². The Morgan fingerprint density at radius 1 is 1.13 bits per heavy atom. The molecule has 0 aliphatic carbocycles. The van der Waals surface area contributed by atoms with Gasteiger partial charge in [-0.25, -0.2) is 19.9 Å². The zero-order valence-corrected chi connectivity index (χ0v) is 13.2. The van der Waals surface area contributed by atoms with Gasteiger partial charge >= 0.3 is 0 Å². The molecule has 0 spiro atoms. The van der Waals surface area contributed by atoms with Gasteiger partial charge in [0, 0.05) is 11.6 Å². The van der Waals surface area contributed by atoms with Crippen molar-refractivity contribution in [2.24, 2.45) is 0 Å². The van der Waals surface area contributed by atoms with E-state index >= 15 is 0 Å². The summed E-state index contributed by atoms with van der Waals surface area (Å²) in [6.07, 6.45) is 1.65. The fraction of sp³-hybridized carbons (Fsp3) is 0.133. The standard InChI is InChI=1S/C15H13N7S/c1-9-18-14-10-4-2-3-5-11(10)19-15(22(14)21-9)23-8-13-17-7-6-12(16)20-13/h2-7H,8H2,1H3,(H2,16,17,20). The first-order valence-corrected chi connectivity index (χ1v) is 8.01. The van der Waals surface area contributed by atoms with E-state index in [9.17, 15) is 0 Å². The van der Waals surface area contributed by atoms with Crippen LogP contribution in [0.4, 0.5) is 5.82 Å². The topological polar surface area (TPSA) is 94.9 Å². The lowest BCUT2D eigenvalue weighted by Crippen LogP contribution is -2.01. The molecule has 0 saturated carbocycles. The molecule has 3 heterocycles. The predicted octanol–water partition coefficient (Wildman–Crippen LogP) is 2.25. The van der Waals surface area contributed by atoms with Crippen molar-refractivity contribution in [3.05, 3.63) is 48.2 Å². The van der Waals surface area contributed by atoms with E-state index in [0.29, 0.717) is 23.2 Å². The summed E-state index contributed by atoms with van der Waals surface area (Å²) >= 11 is 1.51. The largest absolute Gasteiger partial charge is 0.384 e. The second-order valence-corrected chi connectivity index (χ2v) is 5.93. The van der Waals surface area contributed by atoms with Gasteiger partial charge in [0.2, 0.25) is 0 Å². The summed E-state index contributed by atoms with van der Waals surface area (Å²) in [6.45, 7) is 1.87. The molecule has 23 heavy (non-hydrogen) atoms. The number of aryl methyl sites for hydroxylation is 1. The maximum atomic E-state index is 5.69. The van der Waals surface area contributed by atoms with Crippen molar-refractivity contribution >= 4 is 34.1 Å². The molecule has 4 rings (SSSR count). The van der Waals surface area contributed by atoms with E-state index in [4.69, 9.17) is 10.7 Å².